The van der Waals surface area contributed by atoms with Crippen molar-refractivity contribution in [3.8, 4) is 0 Å². The predicted octanol–water partition coefficient (Wildman–Crippen LogP) is 2.38. The van der Waals surface area contributed by atoms with Gasteiger partial charge in [0.2, 0.25) is 5.91 Å². The largest absolute Gasteiger partial charge is 0.398 e. The summed E-state index contributed by atoms with van der Waals surface area (Å²) in [5.74, 6) is -0.878. The second kappa shape index (κ2) is 5.75. The molecule has 5 nitrogen and oxygen atoms in total. The smallest absolute Gasteiger partial charge is 0.256 e. The first-order valence-corrected chi connectivity index (χ1v) is 6.53. The van der Waals surface area contributed by atoms with Gasteiger partial charge < -0.3 is 16.8 Å². The topological polar surface area (TPSA) is 98.2 Å². The zero-order valence-electron chi connectivity index (χ0n) is 10.4. The fraction of sp³-hybridized carbons (Fsp3) is 0. The Morgan fingerprint density at radius 2 is 1.80 bits per heavy atom. The van der Waals surface area contributed by atoms with E-state index in [9.17, 15) is 9.59 Å². The highest BCUT2D eigenvalue weighted by atomic mass is 79.9. The van der Waals surface area contributed by atoms with Crippen LogP contribution in [0, 0.1) is 0 Å². The van der Waals surface area contributed by atoms with Crippen LogP contribution in [0.15, 0.2) is 46.9 Å². The van der Waals surface area contributed by atoms with E-state index in [1.807, 2.05) is 0 Å². The molecule has 2 aromatic rings. The summed E-state index contributed by atoms with van der Waals surface area (Å²) >= 11 is 3.27. The molecular weight excluding hydrogens is 322 g/mol. The van der Waals surface area contributed by atoms with E-state index in [0.717, 1.165) is 0 Å². The maximum atomic E-state index is 12.2. The molecule has 0 radical (unpaired) electrons. The Hall–Kier alpha value is -2.34. The summed E-state index contributed by atoms with van der Waals surface area (Å²) in [5, 5.41) is 2.69. The average molecular weight is 334 g/mol. The van der Waals surface area contributed by atoms with Crippen molar-refractivity contribution in [2.45, 2.75) is 0 Å². The molecule has 5 N–H and O–H groups in total. The van der Waals surface area contributed by atoms with Crippen LogP contribution in [0.5, 0.6) is 0 Å². The van der Waals surface area contributed by atoms with E-state index in [4.69, 9.17) is 11.5 Å². The lowest BCUT2D eigenvalue weighted by atomic mass is 10.1. The van der Waals surface area contributed by atoms with Crippen LogP contribution in [0.4, 0.5) is 11.4 Å². The number of nitrogens with two attached hydrogens (primary N) is 2. The molecule has 0 aliphatic carbocycles. The molecule has 0 bridgehead atoms. The summed E-state index contributed by atoms with van der Waals surface area (Å²) in [6, 6.07) is 11.4. The second-order valence-corrected chi connectivity index (χ2v) is 4.90. The first kappa shape index (κ1) is 14.1. The van der Waals surface area contributed by atoms with Crippen molar-refractivity contribution < 1.29 is 9.59 Å². The van der Waals surface area contributed by atoms with Crippen LogP contribution >= 0.6 is 15.9 Å². The number of hydrogen-bond acceptors (Lipinski definition) is 3. The summed E-state index contributed by atoms with van der Waals surface area (Å²) < 4.78 is 0.531. The molecule has 0 fully saturated rings. The van der Waals surface area contributed by atoms with Crippen LogP contribution in [0.2, 0.25) is 0 Å². The number of carbonyl (C=O) groups is 2. The van der Waals surface area contributed by atoms with Crippen LogP contribution < -0.4 is 16.8 Å². The number of carbonyl (C=O) groups excluding carboxylic acids is 2. The van der Waals surface area contributed by atoms with E-state index in [0.29, 0.717) is 27.0 Å². The van der Waals surface area contributed by atoms with Crippen LogP contribution in [0.1, 0.15) is 20.7 Å². The van der Waals surface area contributed by atoms with Gasteiger partial charge in [-0.25, -0.2) is 0 Å². The Bertz CT molecular complexity index is 686. The Kier molecular flexibility index (Phi) is 4.05. The molecule has 102 valence electrons. The van der Waals surface area contributed by atoms with Gasteiger partial charge in [-0.15, -0.1) is 0 Å². The van der Waals surface area contributed by atoms with Crippen molar-refractivity contribution in [2.75, 3.05) is 11.1 Å². The van der Waals surface area contributed by atoms with E-state index < -0.39 is 5.91 Å². The zero-order valence-corrected chi connectivity index (χ0v) is 12.0. The van der Waals surface area contributed by atoms with Gasteiger partial charge in [0.15, 0.2) is 0 Å². The maximum absolute atomic E-state index is 12.2. The molecule has 6 heteroatoms. The van der Waals surface area contributed by atoms with Crippen molar-refractivity contribution in [3.63, 3.8) is 0 Å². The number of primary amides is 1. The third kappa shape index (κ3) is 2.97. The number of anilines is 2. The van der Waals surface area contributed by atoms with Gasteiger partial charge in [0.05, 0.1) is 10.0 Å². The fourth-order valence-corrected chi connectivity index (χ4v) is 2.12. The SMILES string of the molecule is NC(=O)c1cccc(NC(=O)c2cccc(N)c2Br)c1. The molecule has 0 saturated heterocycles. The molecular formula is C14H12BrN3O2. The minimum Gasteiger partial charge on any atom is -0.398 e. The molecule has 0 heterocycles. The molecule has 2 amide bonds. The third-order valence-electron chi connectivity index (χ3n) is 2.68. The van der Waals surface area contributed by atoms with Gasteiger partial charge in [-0.05, 0) is 46.3 Å². The van der Waals surface area contributed by atoms with Crippen LogP contribution in [0.3, 0.4) is 0 Å². The van der Waals surface area contributed by atoms with Crippen molar-refractivity contribution in [1.82, 2.24) is 0 Å². The number of rotatable bonds is 3. The molecule has 20 heavy (non-hydrogen) atoms. The summed E-state index contributed by atoms with van der Waals surface area (Å²) in [5.41, 5.74) is 12.6. The number of benzene rings is 2. The highest BCUT2D eigenvalue weighted by Gasteiger charge is 2.12. The standard InChI is InChI=1S/C14H12BrN3O2/c15-12-10(5-2-6-11(12)16)14(20)18-9-4-1-3-8(7-9)13(17)19/h1-7H,16H2,(H2,17,19)(H,18,20). The van der Waals surface area contributed by atoms with Gasteiger partial charge in [-0.1, -0.05) is 12.1 Å². The summed E-state index contributed by atoms with van der Waals surface area (Å²) in [7, 11) is 0. The molecule has 2 aromatic carbocycles. The number of halogens is 1. The van der Waals surface area contributed by atoms with E-state index >= 15 is 0 Å². The van der Waals surface area contributed by atoms with Crippen molar-refractivity contribution in [3.05, 3.63) is 58.1 Å². The Morgan fingerprint density at radius 3 is 2.50 bits per heavy atom. The maximum Gasteiger partial charge on any atom is 0.256 e. The van der Waals surface area contributed by atoms with Crippen molar-refractivity contribution in [1.29, 1.82) is 0 Å². The van der Waals surface area contributed by atoms with Gasteiger partial charge in [0, 0.05) is 16.9 Å². The molecule has 0 saturated carbocycles. The predicted molar refractivity (Wildman–Crippen MR) is 81.5 cm³/mol. The van der Waals surface area contributed by atoms with Crippen molar-refractivity contribution >= 4 is 39.1 Å². The molecule has 0 aliphatic heterocycles. The van der Waals surface area contributed by atoms with Crippen LogP contribution in [-0.4, -0.2) is 11.8 Å². The monoisotopic (exact) mass is 333 g/mol. The Balaban J connectivity index is 2.26. The lowest BCUT2D eigenvalue weighted by molar-refractivity contribution is 0.0996. The minimum atomic E-state index is -0.550. The first-order valence-electron chi connectivity index (χ1n) is 5.74. The zero-order chi connectivity index (χ0) is 14.7. The highest BCUT2D eigenvalue weighted by Crippen LogP contribution is 2.24. The van der Waals surface area contributed by atoms with Gasteiger partial charge >= 0.3 is 0 Å². The number of nitrogens with one attached hydrogen (secondary N) is 1. The van der Waals surface area contributed by atoms with E-state index in [1.165, 1.54) is 6.07 Å². The number of hydrogen-bond donors (Lipinski definition) is 3. The quantitative estimate of drug-likeness (QED) is 0.752. The minimum absolute atomic E-state index is 0.328. The van der Waals surface area contributed by atoms with Gasteiger partial charge in [-0.2, -0.15) is 0 Å². The van der Waals surface area contributed by atoms with Crippen LogP contribution in [0.25, 0.3) is 0 Å². The van der Waals surface area contributed by atoms with Crippen LogP contribution in [-0.2, 0) is 0 Å². The van der Waals surface area contributed by atoms with Crippen molar-refractivity contribution in [2.24, 2.45) is 5.73 Å². The molecule has 0 atom stereocenters. The number of amides is 2. The molecule has 0 aliphatic rings. The second-order valence-electron chi connectivity index (χ2n) is 4.11. The van der Waals surface area contributed by atoms with Gasteiger partial charge in [0.1, 0.15) is 0 Å². The Labute approximate surface area is 124 Å². The summed E-state index contributed by atoms with van der Waals surface area (Å²) in [6.07, 6.45) is 0. The number of nitrogen functional groups attached to an aromatic ring is 1. The molecule has 0 aromatic heterocycles. The van der Waals surface area contributed by atoms with Gasteiger partial charge in [-0.3, -0.25) is 9.59 Å². The molecule has 0 spiro atoms. The average Bonchev–Trinajstić information content (AvgIpc) is 2.42. The first-order chi connectivity index (χ1) is 9.49. The van der Waals surface area contributed by atoms with Gasteiger partial charge in [0.25, 0.3) is 5.91 Å². The Morgan fingerprint density at radius 1 is 1.10 bits per heavy atom. The summed E-state index contributed by atoms with van der Waals surface area (Å²) in [4.78, 5) is 23.2. The lowest BCUT2D eigenvalue weighted by Crippen LogP contribution is -2.15. The summed E-state index contributed by atoms with van der Waals surface area (Å²) in [6.45, 7) is 0. The fourth-order valence-electron chi connectivity index (χ4n) is 1.67. The molecule has 0 unspecified atom stereocenters. The molecule has 2 rings (SSSR count). The normalized spacial score (nSPS) is 10.1. The third-order valence-corrected chi connectivity index (χ3v) is 3.56. The lowest BCUT2D eigenvalue weighted by Gasteiger charge is -2.09. The van der Waals surface area contributed by atoms with E-state index in [1.54, 1.807) is 36.4 Å². The highest BCUT2D eigenvalue weighted by molar-refractivity contribution is 9.10. The van der Waals surface area contributed by atoms with E-state index in [-0.39, 0.29) is 5.91 Å². The van der Waals surface area contributed by atoms with E-state index in [2.05, 4.69) is 21.2 Å².